The predicted octanol–water partition coefficient (Wildman–Crippen LogP) is 1.39. The molecule has 24 heavy (non-hydrogen) atoms. The van der Waals surface area contributed by atoms with Crippen molar-refractivity contribution in [3.8, 4) is 0 Å². The molecule has 1 fully saturated rings. The molecule has 0 aliphatic carbocycles. The Labute approximate surface area is 142 Å². The second kappa shape index (κ2) is 7.68. The van der Waals surface area contributed by atoms with Crippen molar-refractivity contribution in [3.05, 3.63) is 36.2 Å². The number of piperazine rings is 1. The summed E-state index contributed by atoms with van der Waals surface area (Å²) in [7, 11) is 2.16. The molecule has 0 spiro atoms. The van der Waals surface area contributed by atoms with E-state index in [1.54, 1.807) is 24.5 Å². The lowest BCUT2D eigenvalue weighted by molar-refractivity contribution is 0.0935. The number of aromatic nitrogens is 2. The van der Waals surface area contributed by atoms with Gasteiger partial charge in [-0.25, -0.2) is 0 Å². The van der Waals surface area contributed by atoms with Crippen molar-refractivity contribution in [2.24, 2.45) is 0 Å². The zero-order valence-electron chi connectivity index (χ0n) is 14.4. The molecule has 1 amide bonds. The summed E-state index contributed by atoms with van der Waals surface area (Å²) in [6, 6.07) is 5.92. The van der Waals surface area contributed by atoms with Gasteiger partial charge in [-0.1, -0.05) is 0 Å². The van der Waals surface area contributed by atoms with Crippen LogP contribution in [0.3, 0.4) is 0 Å². The lowest BCUT2D eigenvalue weighted by atomic mass is 10.1. The number of hydrogen-bond donors (Lipinski definition) is 1. The fourth-order valence-corrected chi connectivity index (χ4v) is 3.05. The lowest BCUT2D eigenvalue weighted by Crippen LogP contribution is -2.48. The van der Waals surface area contributed by atoms with Crippen LogP contribution in [0.25, 0.3) is 11.0 Å². The minimum absolute atomic E-state index is 0.0480. The Morgan fingerprint density at radius 2 is 1.88 bits per heavy atom. The normalized spacial score (nSPS) is 17.8. The van der Waals surface area contributed by atoms with Gasteiger partial charge in [0.2, 0.25) is 0 Å². The molecule has 128 valence electrons. The Hall–Kier alpha value is -2.05. The second-order valence-corrected chi connectivity index (χ2v) is 6.49. The van der Waals surface area contributed by atoms with E-state index in [0.29, 0.717) is 18.2 Å². The van der Waals surface area contributed by atoms with Crippen LogP contribution < -0.4 is 5.32 Å². The SMILES string of the molecule is CC(CCNC(=O)c1ccc2nccnc2c1)N1CCN(C)CC1. The van der Waals surface area contributed by atoms with E-state index in [9.17, 15) is 4.79 Å². The average Bonchev–Trinajstić information content (AvgIpc) is 2.61. The van der Waals surface area contributed by atoms with E-state index < -0.39 is 0 Å². The van der Waals surface area contributed by atoms with Crippen LogP contribution >= 0.6 is 0 Å². The van der Waals surface area contributed by atoms with Gasteiger partial charge in [-0.15, -0.1) is 0 Å². The van der Waals surface area contributed by atoms with Gasteiger partial charge in [0.05, 0.1) is 11.0 Å². The number of carbonyl (C=O) groups excluding carboxylic acids is 1. The third kappa shape index (κ3) is 4.07. The Bertz CT molecular complexity index is 697. The first kappa shape index (κ1) is 16.8. The quantitative estimate of drug-likeness (QED) is 0.899. The summed E-state index contributed by atoms with van der Waals surface area (Å²) in [5, 5.41) is 3.02. The van der Waals surface area contributed by atoms with Crippen LogP contribution in [-0.4, -0.2) is 71.5 Å². The minimum Gasteiger partial charge on any atom is -0.352 e. The number of fused-ring (bicyclic) bond motifs is 1. The molecule has 1 aliphatic rings. The van der Waals surface area contributed by atoms with Crippen LogP contribution in [0, 0.1) is 0 Å². The Morgan fingerprint density at radius 1 is 1.17 bits per heavy atom. The van der Waals surface area contributed by atoms with Crippen molar-refractivity contribution in [3.63, 3.8) is 0 Å². The van der Waals surface area contributed by atoms with Crippen LogP contribution in [0.1, 0.15) is 23.7 Å². The standard InChI is InChI=1S/C18H25N5O/c1-14(23-11-9-22(2)10-12-23)5-6-21-18(24)15-3-4-16-17(13-15)20-8-7-19-16/h3-4,7-8,13-14H,5-6,9-12H2,1-2H3,(H,21,24). The van der Waals surface area contributed by atoms with E-state index in [-0.39, 0.29) is 5.91 Å². The summed E-state index contributed by atoms with van der Waals surface area (Å²) in [6.07, 6.45) is 4.26. The fourth-order valence-electron chi connectivity index (χ4n) is 3.05. The maximum atomic E-state index is 12.3. The summed E-state index contributed by atoms with van der Waals surface area (Å²) < 4.78 is 0. The molecule has 1 atom stereocenters. The van der Waals surface area contributed by atoms with Crippen LogP contribution in [0.2, 0.25) is 0 Å². The van der Waals surface area contributed by atoms with Gasteiger partial charge in [0.1, 0.15) is 0 Å². The van der Waals surface area contributed by atoms with Gasteiger partial charge < -0.3 is 10.2 Å². The predicted molar refractivity (Wildman–Crippen MR) is 95.0 cm³/mol. The van der Waals surface area contributed by atoms with Crippen LogP contribution in [0.5, 0.6) is 0 Å². The molecule has 0 bridgehead atoms. The Balaban J connectivity index is 1.49. The summed E-state index contributed by atoms with van der Waals surface area (Å²) >= 11 is 0. The van der Waals surface area contributed by atoms with Gasteiger partial charge >= 0.3 is 0 Å². The van der Waals surface area contributed by atoms with Crippen molar-refractivity contribution in [2.45, 2.75) is 19.4 Å². The number of hydrogen-bond acceptors (Lipinski definition) is 5. The van der Waals surface area contributed by atoms with Gasteiger partial charge in [-0.2, -0.15) is 0 Å². The van der Waals surface area contributed by atoms with E-state index in [2.05, 4.69) is 39.1 Å². The van der Waals surface area contributed by atoms with Gasteiger partial charge in [0, 0.05) is 56.7 Å². The van der Waals surface area contributed by atoms with E-state index in [1.165, 1.54) is 0 Å². The van der Waals surface area contributed by atoms with Crippen molar-refractivity contribution >= 4 is 16.9 Å². The molecule has 1 aromatic heterocycles. The first-order valence-corrected chi connectivity index (χ1v) is 8.55. The maximum absolute atomic E-state index is 12.3. The van der Waals surface area contributed by atoms with Gasteiger partial charge in [0.25, 0.3) is 5.91 Å². The molecule has 1 aromatic carbocycles. The molecule has 6 heteroatoms. The van der Waals surface area contributed by atoms with Crippen molar-refractivity contribution in [2.75, 3.05) is 39.8 Å². The van der Waals surface area contributed by atoms with Crippen LogP contribution in [-0.2, 0) is 0 Å². The topological polar surface area (TPSA) is 61.4 Å². The van der Waals surface area contributed by atoms with E-state index >= 15 is 0 Å². The van der Waals surface area contributed by atoms with Gasteiger partial charge in [-0.3, -0.25) is 19.7 Å². The molecular formula is C18H25N5O. The fraction of sp³-hybridized carbons (Fsp3) is 0.500. The number of rotatable bonds is 5. The molecule has 3 rings (SSSR count). The highest BCUT2D eigenvalue weighted by Gasteiger charge is 2.19. The summed E-state index contributed by atoms with van der Waals surface area (Å²) in [4.78, 5) is 25.6. The van der Waals surface area contributed by atoms with Crippen molar-refractivity contribution in [1.29, 1.82) is 0 Å². The Morgan fingerprint density at radius 3 is 2.62 bits per heavy atom. The summed E-state index contributed by atoms with van der Waals surface area (Å²) in [5.74, 6) is -0.0480. The number of nitrogens with zero attached hydrogens (tertiary/aromatic N) is 4. The maximum Gasteiger partial charge on any atom is 0.251 e. The molecule has 0 saturated carbocycles. The number of amides is 1. The highest BCUT2D eigenvalue weighted by atomic mass is 16.1. The smallest absolute Gasteiger partial charge is 0.251 e. The molecule has 2 heterocycles. The lowest BCUT2D eigenvalue weighted by Gasteiger charge is -2.36. The molecule has 1 N–H and O–H groups in total. The van der Waals surface area contributed by atoms with Crippen molar-refractivity contribution in [1.82, 2.24) is 25.1 Å². The monoisotopic (exact) mass is 327 g/mol. The van der Waals surface area contributed by atoms with Gasteiger partial charge in [-0.05, 0) is 38.6 Å². The van der Waals surface area contributed by atoms with E-state index in [4.69, 9.17) is 0 Å². The zero-order valence-corrected chi connectivity index (χ0v) is 14.4. The molecule has 2 aromatic rings. The van der Waals surface area contributed by atoms with Crippen molar-refractivity contribution < 1.29 is 4.79 Å². The largest absolute Gasteiger partial charge is 0.352 e. The molecule has 6 nitrogen and oxygen atoms in total. The van der Waals surface area contributed by atoms with Crippen LogP contribution in [0.15, 0.2) is 30.6 Å². The van der Waals surface area contributed by atoms with E-state index in [0.717, 1.165) is 43.6 Å². The number of likely N-dealkylation sites (N-methyl/N-ethyl adjacent to an activating group) is 1. The minimum atomic E-state index is -0.0480. The summed E-state index contributed by atoms with van der Waals surface area (Å²) in [6.45, 7) is 7.38. The molecule has 1 saturated heterocycles. The molecule has 0 radical (unpaired) electrons. The first-order valence-electron chi connectivity index (χ1n) is 8.55. The number of benzene rings is 1. The molecule has 1 unspecified atom stereocenters. The van der Waals surface area contributed by atoms with Crippen LogP contribution in [0.4, 0.5) is 0 Å². The molecular weight excluding hydrogens is 302 g/mol. The number of nitrogens with one attached hydrogen (secondary N) is 1. The highest BCUT2D eigenvalue weighted by molar-refractivity contribution is 5.97. The second-order valence-electron chi connectivity index (χ2n) is 6.49. The summed E-state index contributed by atoms with van der Waals surface area (Å²) in [5.41, 5.74) is 2.18. The number of carbonyl (C=O) groups is 1. The third-order valence-electron chi connectivity index (χ3n) is 4.74. The molecule has 1 aliphatic heterocycles. The highest BCUT2D eigenvalue weighted by Crippen LogP contribution is 2.11. The Kier molecular flexibility index (Phi) is 5.37. The zero-order chi connectivity index (χ0) is 16.9. The average molecular weight is 327 g/mol. The van der Waals surface area contributed by atoms with E-state index in [1.807, 2.05) is 6.07 Å². The third-order valence-corrected chi connectivity index (χ3v) is 4.74. The first-order chi connectivity index (χ1) is 11.6. The van der Waals surface area contributed by atoms with Gasteiger partial charge in [0.15, 0.2) is 0 Å².